The molecular weight excluding hydrogens is 142 g/mol. The molecule has 0 fully saturated rings. The summed E-state index contributed by atoms with van der Waals surface area (Å²) in [5.41, 5.74) is 0.200. The van der Waals surface area contributed by atoms with Gasteiger partial charge in [-0.2, -0.15) is 0 Å². The number of carbonyl (C=O) groups excluding carboxylic acids is 1. The SMILES string of the molecule is [2H]C([2H])([2H])c1ccc(C(=O)OC)cn1. The Morgan fingerprint density at radius 1 is 1.73 bits per heavy atom. The van der Waals surface area contributed by atoms with Gasteiger partial charge >= 0.3 is 5.97 Å². The summed E-state index contributed by atoms with van der Waals surface area (Å²) in [5, 5.41) is 0. The van der Waals surface area contributed by atoms with Crippen molar-refractivity contribution in [3.63, 3.8) is 0 Å². The first-order valence-corrected chi connectivity index (χ1v) is 3.00. The van der Waals surface area contributed by atoms with Crippen LogP contribution < -0.4 is 0 Å². The molecule has 1 heterocycles. The van der Waals surface area contributed by atoms with Gasteiger partial charge in [-0.3, -0.25) is 4.98 Å². The van der Waals surface area contributed by atoms with E-state index in [4.69, 9.17) is 4.11 Å². The summed E-state index contributed by atoms with van der Waals surface area (Å²) >= 11 is 0. The van der Waals surface area contributed by atoms with E-state index in [0.717, 1.165) is 0 Å². The van der Waals surface area contributed by atoms with Gasteiger partial charge in [0.15, 0.2) is 0 Å². The van der Waals surface area contributed by atoms with Crippen molar-refractivity contribution in [1.29, 1.82) is 0 Å². The second-order valence-corrected chi connectivity index (χ2v) is 1.92. The van der Waals surface area contributed by atoms with E-state index in [-0.39, 0.29) is 11.3 Å². The van der Waals surface area contributed by atoms with E-state index < -0.39 is 12.8 Å². The molecule has 0 amide bonds. The number of ether oxygens (including phenoxy) is 1. The number of aromatic nitrogens is 1. The lowest BCUT2D eigenvalue weighted by atomic mass is 10.2. The normalized spacial score (nSPS) is 14.5. The monoisotopic (exact) mass is 154 g/mol. The number of aryl methyl sites for hydroxylation is 1. The fourth-order valence-electron chi connectivity index (χ4n) is 0.632. The van der Waals surface area contributed by atoms with Crippen LogP contribution in [-0.4, -0.2) is 18.1 Å². The summed E-state index contributed by atoms with van der Waals surface area (Å²) in [6, 6.07) is 2.67. The molecular formula is C8H9NO2. The summed E-state index contributed by atoms with van der Waals surface area (Å²) in [5.74, 6) is -0.533. The molecule has 0 aromatic carbocycles. The molecule has 3 heteroatoms. The van der Waals surface area contributed by atoms with Gasteiger partial charge in [-0.15, -0.1) is 0 Å². The molecule has 0 aliphatic carbocycles. The van der Waals surface area contributed by atoms with Crippen LogP contribution in [0.3, 0.4) is 0 Å². The van der Waals surface area contributed by atoms with E-state index >= 15 is 0 Å². The minimum absolute atomic E-state index is 0.0369. The van der Waals surface area contributed by atoms with Gasteiger partial charge in [-0.25, -0.2) is 4.79 Å². The molecule has 0 atom stereocenters. The molecule has 1 aromatic heterocycles. The van der Waals surface area contributed by atoms with E-state index in [9.17, 15) is 4.79 Å². The highest BCUT2D eigenvalue weighted by molar-refractivity contribution is 5.88. The topological polar surface area (TPSA) is 39.2 Å². The van der Waals surface area contributed by atoms with Crippen LogP contribution in [0.2, 0.25) is 0 Å². The zero-order valence-corrected chi connectivity index (χ0v) is 6.00. The molecule has 3 nitrogen and oxygen atoms in total. The first kappa shape index (κ1) is 4.49. The van der Waals surface area contributed by atoms with Crippen LogP contribution in [0.5, 0.6) is 0 Å². The van der Waals surface area contributed by atoms with Crippen molar-refractivity contribution in [2.75, 3.05) is 7.11 Å². The van der Waals surface area contributed by atoms with Crippen LogP contribution >= 0.6 is 0 Å². The summed E-state index contributed by atoms with van der Waals surface area (Å²) in [4.78, 5) is 14.6. The van der Waals surface area contributed by atoms with Gasteiger partial charge in [0.1, 0.15) is 0 Å². The Kier molecular flexibility index (Phi) is 1.28. The second kappa shape index (κ2) is 3.14. The molecule has 0 spiro atoms. The Balaban J connectivity index is 2.95. The Hall–Kier alpha value is -1.38. The molecule has 1 aromatic rings. The number of methoxy groups -OCH3 is 1. The molecule has 58 valence electrons. The van der Waals surface area contributed by atoms with E-state index in [1.165, 1.54) is 25.4 Å². The lowest BCUT2D eigenvalue weighted by molar-refractivity contribution is 0.0600. The maximum atomic E-state index is 11.0. The van der Waals surface area contributed by atoms with E-state index in [0.29, 0.717) is 0 Å². The van der Waals surface area contributed by atoms with Crippen molar-refractivity contribution in [3.05, 3.63) is 29.6 Å². The lowest BCUT2D eigenvalue weighted by Gasteiger charge is -1.97. The average Bonchev–Trinajstić information content (AvgIpc) is 2.15. The molecule has 0 aliphatic heterocycles. The van der Waals surface area contributed by atoms with Gasteiger partial charge in [0.25, 0.3) is 0 Å². The predicted molar refractivity (Wildman–Crippen MR) is 40.3 cm³/mol. The quantitative estimate of drug-likeness (QED) is 0.570. The molecule has 0 unspecified atom stereocenters. The van der Waals surface area contributed by atoms with Crippen LogP contribution in [0.4, 0.5) is 0 Å². The van der Waals surface area contributed by atoms with Crippen LogP contribution in [0.15, 0.2) is 18.3 Å². The molecule has 0 saturated carbocycles. The molecule has 0 saturated heterocycles. The second-order valence-electron chi connectivity index (χ2n) is 1.92. The third kappa shape index (κ3) is 1.77. The predicted octanol–water partition coefficient (Wildman–Crippen LogP) is 1.18. The summed E-state index contributed by atoms with van der Waals surface area (Å²) in [7, 11) is 1.25. The third-order valence-electron chi connectivity index (χ3n) is 1.18. The number of carbonyl (C=O) groups is 1. The number of hydrogen-bond acceptors (Lipinski definition) is 3. The lowest BCUT2D eigenvalue weighted by Crippen LogP contribution is -2.01. The number of esters is 1. The summed E-state index contributed by atoms with van der Waals surface area (Å²) in [6.45, 7) is -2.24. The average molecular weight is 154 g/mol. The fourth-order valence-corrected chi connectivity index (χ4v) is 0.632. The van der Waals surface area contributed by atoms with Crippen LogP contribution in [0, 0.1) is 6.85 Å². The maximum absolute atomic E-state index is 11.0. The molecule has 11 heavy (non-hydrogen) atoms. The van der Waals surface area contributed by atoms with Crippen molar-refractivity contribution in [2.24, 2.45) is 0 Å². The molecule has 1 rings (SSSR count). The smallest absolute Gasteiger partial charge is 0.339 e. The highest BCUT2D eigenvalue weighted by Gasteiger charge is 2.02. The Bertz CT molecular complexity index is 331. The van der Waals surface area contributed by atoms with E-state index in [1.54, 1.807) is 0 Å². The summed E-state index contributed by atoms with van der Waals surface area (Å²) < 4.78 is 25.6. The van der Waals surface area contributed by atoms with Gasteiger partial charge in [0.05, 0.1) is 12.7 Å². The van der Waals surface area contributed by atoms with Gasteiger partial charge < -0.3 is 4.74 Å². The molecule has 0 N–H and O–H groups in total. The van der Waals surface area contributed by atoms with Crippen LogP contribution in [-0.2, 0) is 4.74 Å². The van der Waals surface area contributed by atoms with Crippen molar-refractivity contribution >= 4 is 5.97 Å². The van der Waals surface area contributed by atoms with Gasteiger partial charge in [0, 0.05) is 16.0 Å². The Morgan fingerprint density at radius 3 is 3.00 bits per heavy atom. The molecule has 0 aliphatic rings. The fraction of sp³-hybridized carbons (Fsp3) is 0.250. The highest BCUT2D eigenvalue weighted by atomic mass is 16.5. The first-order valence-electron chi connectivity index (χ1n) is 4.50. The largest absolute Gasteiger partial charge is 0.465 e. The van der Waals surface area contributed by atoms with Gasteiger partial charge in [-0.1, -0.05) is 0 Å². The van der Waals surface area contributed by atoms with E-state index in [1.807, 2.05) is 0 Å². The number of rotatable bonds is 1. The molecule has 0 bridgehead atoms. The van der Waals surface area contributed by atoms with Crippen molar-refractivity contribution < 1.29 is 13.6 Å². The minimum Gasteiger partial charge on any atom is -0.465 e. The van der Waals surface area contributed by atoms with E-state index in [2.05, 4.69) is 9.72 Å². The van der Waals surface area contributed by atoms with Crippen LogP contribution in [0.25, 0.3) is 0 Å². The minimum atomic E-state index is -2.24. The third-order valence-corrected chi connectivity index (χ3v) is 1.18. The van der Waals surface area contributed by atoms with Gasteiger partial charge in [0.2, 0.25) is 0 Å². The van der Waals surface area contributed by atoms with Crippen LogP contribution in [0.1, 0.15) is 20.2 Å². The van der Waals surface area contributed by atoms with Gasteiger partial charge in [-0.05, 0) is 19.0 Å². The first-order chi connectivity index (χ1) is 6.45. The standard InChI is InChI=1S/C8H9NO2/c1-6-3-4-7(5-9-6)8(10)11-2/h3-5H,1-2H3/i1D3. The van der Waals surface area contributed by atoms with Crippen molar-refractivity contribution in [1.82, 2.24) is 4.98 Å². The zero-order valence-electron chi connectivity index (χ0n) is 9.00. The Morgan fingerprint density at radius 2 is 2.55 bits per heavy atom. The zero-order chi connectivity index (χ0) is 10.8. The highest BCUT2D eigenvalue weighted by Crippen LogP contribution is 1.99. The van der Waals surface area contributed by atoms with Crippen molar-refractivity contribution in [3.8, 4) is 0 Å². The van der Waals surface area contributed by atoms with Crippen molar-refractivity contribution in [2.45, 2.75) is 6.85 Å². The number of hydrogen-bond donors (Lipinski definition) is 0. The Labute approximate surface area is 69.2 Å². The maximum Gasteiger partial charge on any atom is 0.339 e. The molecule has 0 radical (unpaired) electrons. The number of nitrogens with zero attached hydrogens (tertiary/aromatic N) is 1. The number of pyridine rings is 1. The summed E-state index contributed by atoms with van der Waals surface area (Å²) in [6.07, 6.45) is 1.19.